The lowest BCUT2D eigenvalue weighted by molar-refractivity contribution is 0.424. The first kappa shape index (κ1) is 11.1. The summed E-state index contributed by atoms with van der Waals surface area (Å²) in [5.41, 5.74) is 0.229. The van der Waals surface area contributed by atoms with E-state index < -0.39 is 11.2 Å². The Morgan fingerprint density at radius 2 is 1.82 bits per heavy atom. The molecule has 2 rings (SSSR count). The van der Waals surface area contributed by atoms with Gasteiger partial charge < -0.3 is 9.52 Å². The molecule has 0 fully saturated rings. The van der Waals surface area contributed by atoms with Crippen LogP contribution in [0, 0.1) is 5.82 Å². The molecule has 0 bridgehead atoms. The van der Waals surface area contributed by atoms with Crippen LogP contribution in [-0.4, -0.2) is 5.11 Å². The smallest absolute Gasteiger partial charge is 0.227 e. The predicted molar refractivity (Wildman–Crippen MR) is 62.0 cm³/mol. The number of rotatable bonds is 2. The minimum atomic E-state index is -0.505. The summed E-state index contributed by atoms with van der Waals surface area (Å²) in [6.45, 7) is 0. The summed E-state index contributed by atoms with van der Waals surface area (Å²) in [6, 6.07) is 6.92. The molecule has 0 aliphatic rings. The lowest BCUT2D eigenvalue weighted by atomic mass is 10.2. The third-order valence-electron chi connectivity index (χ3n) is 2.18. The molecule has 1 heterocycles. The lowest BCUT2D eigenvalue weighted by Crippen LogP contribution is -1.97. The number of halogens is 1. The molecule has 2 aromatic rings. The van der Waals surface area contributed by atoms with Crippen molar-refractivity contribution in [3.63, 3.8) is 0 Å². The quantitative estimate of drug-likeness (QED) is 0.865. The van der Waals surface area contributed by atoms with Gasteiger partial charge in [-0.3, -0.25) is 4.79 Å². The highest BCUT2D eigenvalue weighted by Crippen LogP contribution is 2.14. The Kier molecular flexibility index (Phi) is 3.05. The molecular weight excluding hydrogens is 223 g/mol. The normalized spacial score (nSPS) is 10.9. The first-order chi connectivity index (χ1) is 8.16. The van der Waals surface area contributed by atoms with Gasteiger partial charge in [-0.1, -0.05) is 18.2 Å². The minimum absolute atomic E-state index is 0.0711. The Bertz CT molecular complexity index is 597. The van der Waals surface area contributed by atoms with Gasteiger partial charge in [-0.2, -0.15) is 0 Å². The number of benzene rings is 1. The molecule has 0 saturated carbocycles. The van der Waals surface area contributed by atoms with Crippen LogP contribution >= 0.6 is 0 Å². The van der Waals surface area contributed by atoms with E-state index in [9.17, 15) is 14.3 Å². The number of hydrogen-bond donors (Lipinski definition) is 1. The molecule has 0 unspecified atom stereocenters. The highest BCUT2D eigenvalue weighted by Gasteiger charge is 2.03. The van der Waals surface area contributed by atoms with Gasteiger partial charge in [0.05, 0.1) is 6.26 Å². The Balaban J connectivity index is 2.29. The third kappa shape index (κ3) is 2.60. The first-order valence-corrected chi connectivity index (χ1v) is 4.91. The lowest BCUT2D eigenvalue weighted by Gasteiger charge is -1.96. The van der Waals surface area contributed by atoms with Crippen LogP contribution in [-0.2, 0) is 0 Å². The van der Waals surface area contributed by atoms with E-state index >= 15 is 0 Å². The fourth-order valence-electron chi connectivity index (χ4n) is 1.29. The maximum Gasteiger partial charge on any atom is 0.227 e. The van der Waals surface area contributed by atoms with Gasteiger partial charge in [0.1, 0.15) is 5.82 Å². The molecule has 0 saturated heterocycles. The zero-order valence-corrected chi connectivity index (χ0v) is 8.76. The summed E-state index contributed by atoms with van der Waals surface area (Å²) in [5.74, 6) is -0.691. The van der Waals surface area contributed by atoms with Gasteiger partial charge in [0.2, 0.25) is 11.2 Å². The summed E-state index contributed by atoms with van der Waals surface area (Å²) in [6.07, 6.45) is 4.26. The first-order valence-electron chi connectivity index (χ1n) is 4.91. The molecule has 0 aliphatic carbocycles. The van der Waals surface area contributed by atoms with E-state index in [0.717, 1.165) is 11.6 Å². The maximum atomic E-state index is 12.6. The highest BCUT2D eigenvalue weighted by molar-refractivity contribution is 5.69. The van der Waals surface area contributed by atoms with Gasteiger partial charge >= 0.3 is 0 Å². The molecule has 0 amide bonds. The predicted octanol–water partition coefficient (Wildman–Crippen LogP) is 2.65. The van der Waals surface area contributed by atoms with E-state index in [1.165, 1.54) is 24.5 Å². The zero-order chi connectivity index (χ0) is 12.3. The standard InChI is InChI=1S/C13H9FO3/c14-10-4-1-9(2-5-10)3-6-12-13(16)11(15)7-8-17-12/h1-8,16H/b6-3+. The summed E-state index contributed by atoms with van der Waals surface area (Å²) in [7, 11) is 0. The van der Waals surface area contributed by atoms with Crippen molar-refractivity contribution in [3.8, 4) is 5.75 Å². The second-order valence-electron chi connectivity index (χ2n) is 3.38. The van der Waals surface area contributed by atoms with Crippen LogP contribution in [0.15, 0.2) is 45.8 Å². The molecule has 1 N–H and O–H groups in total. The third-order valence-corrected chi connectivity index (χ3v) is 2.18. The van der Waals surface area contributed by atoms with Gasteiger partial charge in [-0.15, -0.1) is 0 Å². The zero-order valence-electron chi connectivity index (χ0n) is 8.76. The number of aromatic hydroxyl groups is 1. The topological polar surface area (TPSA) is 50.4 Å². The Labute approximate surface area is 96.5 Å². The van der Waals surface area contributed by atoms with E-state index in [2.05, 4.69) is 0 Å². The molecule has 1 aromatic heterocycles. The fourth-order valence-corrected chi connectivity index (χ4v) is 1.29. The summed E-state index contributed by atoms with van der Waals surface area (Å²) >= 11 is 0. The van der Waals surface area contributed by atoms with Gasteiger partial charge in [0.25, 0.3) is 0 Å². The van der Waals surface area contributed by atoms with E-state index in [1.54, 1.807) is 18.2 Å². The van der Waals surface area contributed by atoms with Crippen molar-refractivity contribution in [2.24, 2.45) is 0 Å². The second-order valence-corrected chi connectivity index (χ2v) is 3.38. The van der Waals surface area contributed by atoms with Gasteiger partial charge in [0, 0.05) is 6.07 Å². The van der Waals surface area contributed by atoms with Gasteiger partial charge in [0.15, 0.2) is 5.76 Å². The van der Waals surface area contributed by atoms with Crippen LogP contribution in [0.2, 0.25) is 0 Å². The van der Waals surface area contributed by atoms with Crippen molar-refractivity contribution >= 4 is 12.2 Å². The van der Waals surface area contributed by atoms with E-state index in [0.29, 0.717) is 0 Å². The Hall–Kier alpha value is -2.36. The molecule has 1 aromatic carbocycles. The maximum absolute atomic E-state index is 12.6. The van der Waals surface area contributed by atoms with Crippen molar-refractivity contribution in [3.05, 3.63) is 64.0 Å². The van der Waals surface area contributed by atoms with Crippen LogP contribution in [0.4, 0.5) is 4.39 Å². The molecule has 0 spiro atoms. The van der Waals surface area contributed by atoms with Crippen molar-refractivity contribution in [1.29, 1.82) is 0 Å². The Morgan fingerprint density at radius 3 is 2.53 bits per heavy atom. The van der Waals surface area contributed by atoms with Crippen LogP contribution in [0.3, 0.4) is 0 Å². The molecule has 86 valence electrons. The average Bonchev–Trinajstić information content (AvgIpc) is 2.33. The molecule has 0 atom stereocenters. The molecule has 3 nitrogen and oxygen atoms in total. The molecular formula is C13H9FO3. The number of hydrogen-bond acceptors (Lipinski definition) is 3. The van der Waals surface area contributed by atoms with E-state index in [1.807, 2.05) is 0 Å². The van der Waals surface area contributed by atoms with Crippen molar-refractivity contribution in [2.75, 3.05) is 0 Å². The van der Waals surface area contributed by atoms with Crippen LogP contribution in [0.5, 0.6) is 5.75 Å². The van der Waals surface area contributed by atoms with Crippen molar-refractivity contribution in [1.82, 2.24) is 0 Å². The van der Waals surface area contributed by atoms with E-state index in [4.69, 9.17) is 4.42 Å². The summed E-state index contributed by atoms with van der Waals surface area (Å²) < 4.78 is 17.6. The molecule has 17 heavy (non-hydrogen) atoms. The van der Waals surface area contributed by atoms with Crippen LogP contribution < -0.4 is 5.43 Å². The average molecular weight is 232 g/mol. The molecule has 4 heteroatoms. The summed E-state index contributed by atoms with van der Waals surface area (Å²) in [5, 5.41) is 9.40. The highest BCUT2D eigenvalue weighted by atomic mass is 19.1. The van der Waals surface area contributed by atoms with Gasteiger partial charge in [-0.05, 0) is 23.8 Å². The molecule has 0 aliphatic heterocycles. The van der Waals surface area contributed by atoms with Crippen LogP contribution in [0.25, 0.3) is 12.2 Å². The SMILES string of the molecule is O=c1ccoc(/C=C/c2ccc(F)cc2)c1O. The minimum Gasteiger partial charge on any atom is -0.502 e. The van der Waals surface area contributed by atoms with Gasteiger partial charge in [-0.25, -0.2) is 4.39 Å². The van der Waals surface area contributed by atoms with E-state index in [-0.39, 0.29) is 11.6 Å². The monoisotopic (exact) mass is 232 g/mol. The van der Waals surface area contributed by atoms with Crippen molar-refractivity contribution in [2.45, 2.75) is 0 Å². The Morgan fingerprint density at radius 1 is 1.12 bits per heavy atom. The second kappa shape index (κ2) is 4.65. The largest absolute Gasteiger partial charge is 0.502 e. The summed E-state index contributed by atoms with van der Waals surface area (Å²) in [4.78, 5) is 11.1. The van der Waals surface area contributed by atoms with Crippen molar-refractivity contribution < 1.29 is 13.9 Å². The van der Waals surface area contributed by atoms with Crippen LogP contribution in [0.1, 0.15) is 11.3 Å². The fraction of sp³-hybridized carbons (Fsp3) is 0. The molecule has 0 radical (unpaired) electrons.